The Balaban J connectivity index is 1.37. The number of carbonyl (C=O) groups is 2. The molecule has 0 bridgehead atoms. The lowest BCUT2D eigenvalue weighted by Crippen LogP contribution is -2.40. The van der Waals surface area contributed by atoms with Crippen molar-refractivity contribution in [3.8, 4) is 0 Å². The van der Waals surface area contributed by atoms with E-state index >= 15 is 0 Å². The van der Waals surface area contributed by atoms with Gasteiger partial charge in [-0.1, -0.05) is 29.8 Å². The highest BCUT2D eigenvalue weighted by molar-refractivity contribution is 7.89. The second kappa shape index (κ2) is 9.58. The molecule has 32 heavy (non-hydrogen) atoms. The molecule has 2 amide bonds. The molecule has 0 spiro atoms. The molecule has 0 radical (unpaired) electrons. The smallest absolute Gasteiger partial charge is 0.243 e. The Morgan fingerprint density at radius 2 is 1.78 bits per heavy atom. The van der Waals surface area contributed by atoms with Crippen LogP contribution in [0, 0.1) is 5.92 Å². The Hall–Kier alpha value is -2.46. The molecule has 1 N–H and O–H groups in total. The number of likely N-dealkylation sites (tertiary alicyclic amines) is 1. The molecule has 4 rings (SSSR count). The molecule has 0 saturated carbocycles. The van der Waals surface area contributed by atoms with Crippen LogP contribution in [0.5, 0.6) is 0 Å². The predicted octanol–water partition coefficient (Wildman–Crippen LogP) is 2.35. The van der Waals surface area contributed by atoms with Gasteiger partial charge in [0.2, 0.25) is 21.8 Å². The molecule has 2 aliphatic rings. The Labute approximate surface area is 192 Å². The van der Waals surface area contributed by atoms with Gasteiger partial charge in [-0.05, 0) is 35.9 Å². The lowest BCUT2D eigenvalue weighted by atomic mass is 10.1. The quantitative estimate of drug-likeness (QED) is 0.689. The maximum atomic E-state index is 12.7. The molecule has 2 fully saturated rings. The van der Waals surface area contributed by atoms with Crippen molar-refractivity contribution in [1.29, 1.82) is 0 Å². The summed E-state index contributed by atoms with van der Waals surface area (Å²) in [4.78, 5) is 26.9. The fraction of sp³-hybridized carbons (Fsp3) is 0.364. The number of rotatable bonds is 6. The zero-order chi connectivity index (χ0) is 22.7. The van der Waals surface area contributed by atoms with Crippen LogP contribution in [0.2, 0.25) is 5.02 Å². The summed E-state index contributed by atoms with van der Waals surface area (Å²) in [6, 6.07) is 13.4. The van der Waals surface area contributed by atoms with Crippen LogP contribution in [0.1, 0.15) is 12.0 Å². The van der Waals surface area contributed by atoms with Crippen LogP contribution in [0.15, 0.2) is 53.4 Å². The van der Waals surface area contributed by atoms with Gasteiger partial charge < -0.3 is 15.0 Å². The number of nitrogens with zero attached hydrogens (tertiary/aromatic N) is 2. The van der Waals surface area contributed by atoms with Crippen molar-refractivity contribution in [3.05, 3.63) is 59.1 Å². The minimum atomic E-state index is -3.59. The van der Waals surface area contributed by atoms with Crippen molar-refractivity contribution in [2.24, 2.45) is 5.92 Å². The SMILES string of the molecule is O=C(Nc1ccc(S(=O)(=O)N2CCOCC2)cc1)[C@@H]1CC(=O)N(Cc2ccccc2Cl)C1. The summed E-state index contributed by atoms with van der Waals surface area (Å²) >= 11 is 6.18. The molecule has 8 nitrogen and oxygen atoms in total. The zero-order valence-electron chi connectivity index (χ0n) is 17.4. The maximum Gasteiger partial charge on any atom is 0.243 e. The molecule has 170 valence electrons. The first-order chi connectivity index (χ1) is 15.3. The Morgan fingerprint density at radius 3 is 2.47 bits per heavy atom. The van der Waals surface area contributed by atoms with Gasteiger partial charge in [-0.15, -0.1) is 0 Å². The van der Waals surface area contributed by atoms with Gasteiger partial charge in [-0.25, -0.2) is 8.42 Å². The summed E-state index contributed by atoms with van der Waals surface area (Å²) < 4.78 is 32.0. The number of benzene rings is 2. The molecule has 2 aliphatic heterocycles. The molecule has 2 heterocycles. The summed E-state index contributed by atoms with van der Waals surface area (Å²) in [5, 5.41) is 3.37. The third kappa shape index (κ3) is 4.96. The predicted molar refractivity (Wildman–Crippen MR) is 120 cm³/mol. The van der Waals surface area contributed by atoms with Gasteiger partial charge in [0.05, 0.1) is 24.0 Å². The standard InChI is InChI=1S/C22H24ClN3O5S/c23-20-4-2-1-3-16(20)14-25-15-17(13-21(25)27)22(28)24-18-5-7-19(8-6-18)32(29,30)26-9-11-31-12-10-26/h1-8,17H,9-15H2,(H,24,28)/t17-/m1/s1. The van der Waals surface area contributed by atoms with E-state index in [1.807, 2.05) is 18.2 Å². The number of ether oxygens (including phenoxy) is 1. The molecule has 0 aromatic heterocycles. The van der Waals surface area contributed by atoms with Gasteiger partial charge in [-0.3, -0.25) is 9.59 Å². The van der Waals surface area contributed by atoms with Crippen LogP contribution >= 0.6 is 11.6 Å². The molecule has 2 aromatic carbocycles. The van der Waals surface area contributed by atoms with E-state index < -0.39 is 15.9 Å². The van der Waals surface area contributed by atoms with Crippen molar-refractivity contribution in [1.82, 2.24) is 9.21 Å². The Kier molecular flexibility index (Phi) is 6.80. The summed E-state index contributed by atoms with van der Waals surface area (Å²) in [7, 11) is -3.59. The van der Waals surface area contributed by atoms with Crippen LogP contribution in [-0.2, 0) is 30.9 Å². The van der Waals surface area contributed by atoms with Crippen LogP contribution in [0.25, 0.3) is 0 Å². The monoisotopic (exact) mass is 477 g/mol. The summed E-state index contributed by atoms with van der Waals surface area (Å²) in [6.07, 6.45) is 0.125. The highest BCUT2D eigenvalue weighted by atomic mass is 35.5. The van der Waals surface area contributed by atoms with Crippen LogP contribution in [-0.4, -0.2) is 62.3 Å². The van der Waals surface area contributed by atoms with Crippen LogP contribution < -0.4 is 5.32 Å². The second-order valence-corrected chi connectivity index (χ2v) is 10.1. The van der Waals surface area contributed by atoms with Crippen molar-refractivity contribution < 1.29 is 22.7 Å². The molecule has 0 aliphatic carbocycles. The number of hydrogen-bond acceptors (Lipinski definition) is 5. The number of nitrogens with one attached hydrogen (secondary N) is 1. The van der Waals surface area contributed by atoms with Gasteiger partial charge in [0.25, 0.3) is 0 Å². The third-order valence-corrected chi connectivity index (χ3v) is 7.92. The van der Waals surface area contributed by atoms with Gasteiger partial charge in [0.1, 0.15) is 0 Å². The summed E-state index contributed by atoms with van der Waals surface area (Å²) in [5.41, 5.74) is 1.31. The van der Waals surface area contributed by atoms with Crippen LogP contribution in [0.3, 0.4) is 0 Å². The number of anilines is 1. The van der Waals surface area contributed by atoms with Crippen molar-refractivity contribution in [3.63, 3.8) is 0 Å². The number of halogens is 1. The first-order valence-electron chi connectivity index (χ1n) is 10.3. The van der Waals surface area contributed by atoms with Gasteiger partial charge in [0.15, 0.2) is 0 Å². The molecule has 1 atom stereocenters. The Bertz CT molecular complexity index is 1100. The third-order valence-electron chi connectivity index (χ3n) is 5.63. The first kappa shape index (κ1) is 22.7. The molecule has 2 aromatic rings. The average molecular weight is 478 g/mol. The normalized spacial score (nSPS) is 19.8. The average Bonchev–Trinajstić information content (AvgIpc) is 3.17. The van der Waals surface area contributed by atoms with Crippen molar-refractivity contribution in [2.75, 3.05) is 38.2 Å². The van der Waals surface area contributed by atoms with E-state index in [0.717, 1.165) is 5.56 Å². The minimum Gasteiger partial charge on any atom is -0.379 e. The van der Waals surface area contributed by atoms with Gasteiger partial charge in [-0.2, -0.15) is 4.31 Å². The molecular formula is C22H24ClN3O5S. The summed E-state index contributed by atoms with van der Waals surface area (Å²) in [6.45, 7) is 2.06. The van der Waals surface area contributed by atoms with E-state index in [4.69, 9.17) is 16.3 Å². The lowest BCUT2D eigenvalue weighted by molar-refractivity contribution is -0.128. The maximum absolute atomic E-state index is 12.7. The van der Waals surface area contributed by atoms with E-state index in [1.165, 1.54) is 16.4 Å². The fourth-order valence-electron chi connectivity index (χ4n) is 3.82. The number of sulfonamides is 1. The van der Waals surface area contributed by atoms with Gasteiger partial charge >= 0.3 is 0 Å². The van der Waals surface area contributed by atoms with E-state index in [1.54, 1.807) is 23.1 Å². The van der Waals surface area contributed by atoms with E-state index in [0.29, 0.717) is 50.1 Å². The lowest BCUT2D eigenvalue weighted by Gasteiger charge is -2.26. The molecular weight excluding hydrogens is 454 g/mol. The topological polar surface area (TPSA) is 96.0 Å². The van der Waals surface area contributed by atoms with Crippen molar-refractivity contribution in [2.45, 2.75) is 17.9 Å². The van der Waals surface area contributed by atoms with Gasteiger partial charge in [0, 0.05) is 43.3 Å². The Morgan fingerprint density at radius 1 is 1.09 bits per heavy atom. The first-order valence-corrected chi connectivity index (χ1v) is 12.2. The van der Waals surface area contributed by atoms with Crippen molar-refractivity contribution >= 4 is 39.1 Å². The number of hydrogen-bond donors (Lipinski definition) is 1. The van der Waals surface area contributed by atoms with Crippen LogP contribution in [0.4, 0.5) is 5.69 Å². The second-order valence-electron chi connectivity index (χ2n) is 7.80. The van der Waals surface area contributed by atoms with E-state index in [9.17, 15) is 18.0 Å². The van der Waals surface area contributed by atoms with E-state index in [2.05, 4.69) is 5.32 Å². The highest BCUT2D eigenvalue weighted by Gasteiger charge is 2.34. The zero-order valence-corrected chi connectivity index (χ0v) is 18.9. The largest absolute Gasteiger partial charge is 0.379 e. The number of amides is 2. The molecule has 2 saturated heterocycles. The molecule has 10 heteroatoms. The molecule has 0 unspecified atom stereocenters. The number of carbonyl (C=O) groups excluding carboxylic acids is 2. The fourth-order valence-corrected chi connectivity index (χ4v) is 5.43. The number of morpholine rings is 1. The highest BCUT2D eigenvalue weighted by Crippen LogP contribution is 2.25. The van der Waals surface area contributed by atoms with E-state index in [-0.39, 0.29) is 23.1 Å². The minimum absolute atomic E-state index is 0.1000. The summed E-state index contributed by atoms with van der Waals surface area (Å²) in [5.74, 6) is -0.859.